The summed E-state index contributed by atoms with van der Waals surface area (Å²) >= 11 is 0. The van der Waals surface area contributed by atoms with Crippen molar-refractivity contribution in [1.82, 2.24) is 0 Å². The largest absolute Gasteiger partial charge is 0.490 e. The van der Waals surface area contributed by atoms with E-state index in [4.69, 9.17) is 9.47 Å². The molecule has 0 saturated carbocycles. The van der Waals surface area contributed by atoms with E-state index in [-0.39, 0.29) is 0 Å². The third-order valence-electron chi connectivity index (χ3n) is 3.25. The van der Waals surface area contributed by atoms with E-state index in [1.165, 1.54) is 5.56 Å². The molecule has 0 atom stereocenters. The molecule has 0 N–H and O–H groups in total. The summed E-state index contributed by atoms with van der Waals surface area (Å²) in [7, 11) is 0. The van der Waals surface area contributed by atoms with E-state index in [9.17, 15) is 0 Å². The number of hydrogen-bond donors (Lipinski definition) is 0. The van der Waals surface area contributed by atoms with Crippen LogP contribution in [-0.2, 0) is 0 Å². The zero-order valence-electron chi connectivity index (χ0n) is 12.4. The van der Waals surface area contributed by atoms with Gasteiger partial charge in [-0.1, -0.05) is 44.2 Å². The first-order valence-electron chi connectivity index (χ1n) is 7.08. The fourth-order valence-corrected chi connectivity index (χ4v) is 1.98. The Labute approximate surface area is 121 Å². The molecule has 0 saturated heterocycles. The number of aryl methyl sites for hydroxylation is 1. The number of hydrogen-bond acceptors (Lipinski definition) is 2. The third-order valence-corrected chi connectivity index (χ3v) is 3.25. The van der Waals surface area contributed by atoms with Crippen LogP contribution in [0.15, 0.2) is 48.5 Å². The molecule has 106 valence electrons. The first kappa shape index (κ1) is 14.4. The van der Waals surface area contributed by atoms with Crippen molar-refractivity contribution in [2.75, 3.05) is 13.2 Å². The van der Waals surface area contributed by atoms with Crippen LogP contribution in [0, 0.1) is 6.92 Å². The van der Waals surface area contributed by atoms with E-state index in [0.717, 1.165) is 17.1 Å². The maximum atomic E-state index is 5.70. The third kappa shape index (κ3) is 4.02. The molecule has 0 radical (unpaired) electrons. The maximum Gasteiger partial charge on any atom is 0.122 e. The topological polar surface area (TPSA) is 18.5 Å². The zero-order chi connectivity index (χ0) is 14.4. The number of para-hydroxylation sites is 1. The molecule has 0 spiro atoms. The van der Waals surface area contributed by atoms with E-state index < -0.39 is 0 Å². The van der Waals surface area contributed by atoms with E-state index in [1.807, 2.05) is 43.3 Å². The lowest BCUT2D eigenvalue weighted by molar-refractivity contribution is 0.216. The number of ether oxygens (including phenoxy) is 2. The Balaban J connectivity index is 1.77. The summed E-state index contributed by atoms with van der Waals surface area (Å²) in [5.41, 5.74) is 2.47. The Morgan fingerprint density at radius 1 is 0.850 bits per heavy atom. The van der Waals surface area contributed by atoms with Gasteiger partial charge >= 0.3 is 0 Å². The van der Waals surface area contributed by atoms with Gasteiger partial charge in [0.1, 0.15) is 24.7 Å². The van der Waals surface area contributed by atoms with Crippen LogP contribution < -0.4 is 9.47 Å². The van der Waals surface area contributed by atoms with Crippen LogP contribution in [0.3, 0.4) is 0 Å². The molecule has 2 heteroatoms. The Kier molecular flexibility index (Phi) is 5.05. The predicted octanol–water partition coefficient (Wildman–Crippen LogP) is 4.58. The van der Waals surface area contributed by atoms with Gasteiger partial charge in [0.15, 0.2) is 0 Å². The second-order valence-corrected chi connectivity index (χ2v) is 5.19. The zero-order valence-corrected chi connectivity index (χ0v) is 12.4. The molecule has 0 fully saturated rings. The van der Waals surface area contributed by atoms with Gasteiger partial charge in [-0.25, -0.2) is 0 Å². The molecule has 20 heavy (non-hydrogen) atoms. The molecule has 2 aromatic carbocycles. The molecule has 2 nitrogen and oxygen atoms in total. The minimum atomic E-state index is 0.549. The highest BCUT2D eigenvalue weighted by Crippen LogP contribution is 2.19. The van der Waals surface area contributed by atoms with Gasteiger partial charge < -0.3 is 9.47 Å². The van der Waals surface area contributed by atoms with Gasteiger partial charge in [-0.15, -0.1) is 0 Å². The Morgan fingerprint density at radius 3 is 2.15 bits per heavy atom. The molecule has 0 amide bonds. The van der Waals surface area contributed by atoms with E-state index in [0.29, 0.717) is 19.1 Å². The normalized spacial score (nSPS) is 10.6. The molecular weight excluding hydrogens is 248 g/mol. The van der Waals surface area contributed by atoms with Crippen LogP contribution in [0.1, 0.15) is 30.9 Å². The first-order valence-corrected chi connectivity index (χ1v) is 7.08. The summed E-state index contributed by atoms with van der Waals surface area (Å²) < 4.78 is 11.4. The van der Waals surface area contributed by atoms with E-state index in [1.54, 1.807) is 0 Å². The molecule has 0 aliphatic heterocycles. The SMILES string of the molecule is Cc1ccccc1OCCOc1ccc(C(C)C)cc1. The molecule has 0 unspecified atom stereocenters. The average molecular weight is 270 g/mol. The highest BCUT2D eigenvalue weighted by atomic mass is 16.5. The molecular formula is C18H22O2. The van der Waals surface area contributed by atoms with Crippen LogP contribution in [-0.4, -0.2) is 13.2 Å². The van der Waals surface area contributed by atoms with Crippen LogP contribution in [0.4, 0.5) is 0 Å². The van der Waals surface area contributed by atoms with Gasteiger partial charge in [0.25, 0.3) is 0 Å². The first-order chi connectivity index (χ1) is 9.66. The summed E-state index contributed by atoms with van der Waals surface area (Å²) in [6.45, 7) is 7.52. The predicted molar refractivity (Wildman–Crippen MR) is 82.7 cm³/mol. The second-order valence-electron chi connectivity index (χ2n) is 5.19. The fourth-order valence-electron chi connectivity index (χ4n) is 1.98. The lowest BCUT2D eigenvalue weighted by atomic mass is 10.0. The Bertz CT molecular complexity index is 529. The van der Waals surface area contributed by atoms with E-state index in [2.05, 4.69) is 26.0 Å². The molecule has 0 aliphatic carbocycles. The van der Waals surface area contributed by atoms with Crippen molar-refractivity contribution < 1.29 is 9.47 Å². The highest BCUT2D eigenvalue weighted by Gasteiger charge is 2.00. The van der Waals surface area contributed by atoms with Crippen molar-refractivity contribution in [3.8, 4) is 11.5 Å². The van der Waals surface area contributed by atoms with Gasteiger partial charge in [0.2, 0.25) is 0 Å². The molecule has 2 aromatic rings. The summed E-state index contributed by atoms with van der Waals surface area (Å²) in [5.74, 6) is 2.36. The van der Waals surface area contributed by atoms with Crippen molar-refractivity contribution >= 4 is 0 Å². The highest BCUT2D eigenvalue weighted by molar-refractivity contribution is 5.31. The van der Waals surface area contributed by atoms with Crippen LogP contribution in [0.25, 0.3) is 0 Å². The number of benzene rings is 2. The van der Waals surface area contributed by atoms with Gasteiger partial charge in [-0.3, -0.25) is 0 Å². The molecule has 0 heterocycles. The van der Waals surface area contributed by atoms with Crippen molar-refractivity contribution in [3.63, 3.8) is 0 Å². The van der Waals surface area contributed by atoms with Crippen LogP contribution in [0.5, 0.6) is 11.5 Å². The molecule has 0 aliphatic rings. The Hall–Kier alpha value is -1.96. The Morgan fingerprint density at radius 2 is 1.50 bits per heavy atom. The van der Waals surface area contributed by atoms with E-state index >= 15 is 0 Å². The minimum Gasteiger partial charge on any atom is -0.490 e. The van der Waals surface area contributed by atoms with Gasteiger partial charge in [0, 0.05) is 0 Å². The van der Waals surface area contributed by atoms with Gasteiger partial charge in [0.05, 0.1) is 0 Å². The quantitative estimate of drug-likeness (QED) is 0.715. The molecule has 0 aromatic heterocycles. The van der Waals surface area contributed by atoms with Crippen molar-refractivity contribution in [3.05, 3.63) is 59.7 Å². The fraction of sp³-hybridized carbons (Fsp3) is 0.333. The maximum absolute atomic E-state index is 5.70. The van der Waals surface area contributed by atoms with Gasteiger partial charge in [-0.05, 0) is 42.2 Å². The van der Waals surface area contributed by atoms with Crippen LogP contribution >= 0.6 is 0 Å². The lowest BCUT2D eigenvalue weighted by Crippen LogP contribution is -2.09. The summed E-state index contributed by atoms with van der Waals surface area (Å²) in [4.78, 5) is 0. The molecule has 2 rings (SSSR count). The number of rotatable bonds is 6. The standard InChI is InChI=1S/C18H22O2/c1-14(2)16-8-10-17(11-9-16)19-12-13-20-18-7-5-4-6-15(18)3/h4-11,14H,12-13H2,1-3H3. The van der Waals surface area contributed by atoms with Crippen LogP contribution in [0.2, 0.25) is 0 Å². The van der Waals surface area contributed by atoms with Crippen molar-refractivity contribution in [1.29, 1.82) is 0 Å². The summed E-state index contributed by atoms with van der Waals surface area (Å²) in [5, 5.41) is 0. The van der Waals surface area contributed by atoms with Gasteiger partial charge in [-0.2, -0.15) is 0 Å². The lowest BCUT2D eigenvalue weighted by Gasteiger charge is -2.11. The summed E-state index contributed by atoms with van der Waals surface area (Å²) in [6, 6.07) is 16.3. The molecule has 0 bridgehead atoms. The average Bonchev–Trinajstić information content (AvgIpc) is 2.46. The monoisotopic (exact) mass is 270 g/mol. The smallest absolute Gasteiger partial charge is 0.122 e. The summed E-state index contributed by atoms with van der Waals surface area (Å²) in [6.07, 6.45) is 0. The minimum absolute atomic E-state index is 0.549. The van der Waals surface area contributed by atoms with Crippen molar-refractivity contribution in [2.45, 2.75) is 26.7 Å². The van der Waals surface area contributed by atoms with Crippen molar-refractivity contribution in [2.24, 2.45) is 0 Å². The second kappa shape index (κ2) is 6.99.